The zero-order valence-corrected chi connectivity index (χ0v) is 8.86. The van der Waals surface area contributed by atoms with Crippen LogP contribution in [0.2, 0.25) is 0 Å². The molecule has 2 rings (SSSR count). The first-order chi connectivity index (χ1) is 6.41. The van der Waals surface area contributed by atoms with E-state index in [0.717, 1.165) is 0 Å². The van der Waals surface area contributed by atoms with Crippen molar-refractivity contribution < 1.29 is 14.6 Å². The number of fused-ring (bicyclic) bond motifs is 1. The van der Waals surface area contributed by atoms with Gasteiger partial charge in [0.05, 0.1) is 25.2 Å². The zero-order valence-electron chi connectivity index (χ0n) is 8.86. The van der Waals surface area contributed by atoms with Gasteiger partial charge in [-0.15, -0.1) is 0 Å². The summed E-state index contributed by atoms with van der Waals surface area (Å²) in [5.74, 6) is 0.0138. The summed E-state index contributed by atoms with van der Waals surface area (Å²) in [6.07, 6.45) is -0.479. The number of rotatable bonds is 0. The van der Waals surface area contributed by atoms with Gasteiger partial charge in [-0.25, -0.2) is 0 Å². The minimum absolute atomic E-state index is 0.0138. The van der Waals surface area contributed by atoms with Crippen LogP contribution in [0.15, 0.2) is 0 Å². The van der Waals surface area contributed by atoms with E-state index in [2.05, 4.69) is 0 Å². The van der Waals surface area contributed by atoms with E-state index in [0.29, 0.717) is 6.61 Å². The molecule has 0 aromatic rings. The number of aliphatic hydroxyl groups excluding tert-OH is 1. The summed E-state index contributed by atoms with van der Waals surface area (Å²) in [4.78, 5) is 13.3. The Morgan fingerprint density at radius 3 is 2.71 bits per heavy atom. The molecule has 0 spiro atoms. The van der Waals surface area contributed by atoms with Crippen LogP contribution in [0.25, 0.3) is 0 Å². The Bertz CT molecular complexity index is 259. The van der Waals surface area contributed by atoms with Crippen molar-refractivity contribution in [1.82, 2.24) is 4.90 Å². The van der Waals surface area contributed by atoms with Crippen LogP contribution < -0.4 is 0 Å². The summed E-state index contributed by atoms with van der Waals surface area (Å²) < 4.78 is 5.57. The largest absolute Gasteiger partial charge is 0.390 e. The van der Waals surface area contributed by atoms with Crippen molar-refractivity contribution in [2.24, 2.45) is 5.41 Å². The molecule has 2 aliphatic rings. The van der Waals surface area contributed by atoms with Crippen LogP contribution in [0.3, 0.4) is 0 Å². The third kappa shape index (κ3) is 1.33. The molecular formula is C10H17NO3. The summed E-state index contributed by atoms with van der Waals surface area (Å²) in [5, 5.41) is 9.61. The molecule has 3 atom stereocenters. The molecule has 0 aromatic heterocycles. The second-order valence-electron chi connectivity index (χ2n) is 5.19. The Morgan fingerprint density at radius 1 is 1.50 bits per heavy atom. The Hall–Kier alpha value is -0.610. The van der Waals surface area contributed by atoms with Crippen LogP contribution in [0.4, 0.5) is 0 Å². The predicted octanol–water partition coefficient (Wildman–Crippen LogP) is 0.351. The van der Waals surface area contributed by atoms with Gasteiger partial charge < -0.3 is 14.7 Å². The van der Waals surface area contributed by atoms with E-state index in [1.165, 1.54) is 0 Å². The molecule has 80 valence electrons. The van der Waals surface area contributed by atoms with Gasteiger partial charge in [0.15, 0.2) is 0 Å². The fourth-order valence-electron chi connectivity index (χ4n) is 2.22. The summed E-state index contributed by atoms with van der Waals surface area (Å²) in [5.41, 5.74) is -0.0888. The van der Waals surface area contributed by atoms with Crippen LogP contribution >= 0.6 is 0 Å². The number of carbonyl (C=O) groups is 1. The van der Waals surface area contributed by atoms with Crippen molar-refractivity contribution in [2.75, 3.05) is 6.61 Å². The molecule has 2 aliphatic heterocycles. The van der Waals surface area contributed by atoms with E-state index >= 15 is 0 Å². The molecule has 1 amide bonds. The molecule has 0 radical (unpaired) electrons. The predicted molar refractivity (Wildman–Crippen MR) is 50.5 cm³/mol. The van der Waals surface area contributed by atoms with Gasteiger partial charge in [-0.2, -0.15) is 0 Å². The lowest BCUT2D eigenvalue weighted by atomic mass is 9.93. The zero-order chi connectivity index (χ0) is 10.5. The van der Waals surface area contributed by atoms with E-state index in [9.17, 15) is 9.90 Å². The first kappa shape index (κ1) is 9.93. The number of carbonyl (C=O) groups excluding carboxylic acids is 1. The lowest BCUT2D eigenvalue weighted by Gasteiger charge is -2.32. The Kier molecular flexibility index (Phi) is 2.08. The van der Waals surface area contributed by atoms with Crippen LogP contribution in [0.5, 0.6) is 0 Å². The first-order valence-electron chi connectivity index (χ1n) is 5.02. The molecule has 0 bridgehead atoms. The number of ether oxygens (including phenoxy) is 1. The third-order valence-electron chi connectivity index (χ3n) is 2.89. The number of nitrogens with zero attached hydrogens (tertiary/aromatic N) is 1. The second-order valence-corrected chi connectivity index (χ2v) is 5.19. The molecule has 0 unspecified atom stereocenters. The summed E-state index contributed by atoms with van der Waals surface area (Å²) in [6, 6.07) is -0.119. The monoisotopic (exact) mass is 199 g/mol. The molecule has 4 nitrogen and oxygen atoms in total. The molecule has 1 N–H and O–H groups in total. The van der Waals surface area contributed by atoms with Crippen molar-refractivity contribution in [3.63, 3.8) is 0 Å². The first-order valence-corrected chi connectivity index (χ1v) is 5.02. The summed E-state index contributed by atoms with van der Waals surface area (Å²) >= 11 is 0. The number of hydrogen-bond donors (Lipinski definition) is 1. The van der Waals surface area contributed by atoms with E-state index in [1.54, 1.807) is 4.90 Å². The smallest absolute Gasteiger partial charge is 0.227 e. The van der Waals surface area contributed by atoms with Crippen molar-refractivity contribution in [2.45, 2.75) is 45.6 Å². The molecule has 2 fully saturated rings. The van der Waals surface area contributed by atoms with Gasteiger partial charge in [0.25, 0.3) is 0 Å². The van der Waals surface area contributed by atoms with Crippen LogP contribution in [-0.2, 0) is 9.53 Å². The third-order valence-corrected chi connectivity index (χ3v) is 2.89. The van der Waals surface area contributed by atoms with Gasteiger partial charge in [0.2, 0.25) is 5.91 Å². The quantitative estimate of drug-likeness (QED) is 0.612. The van der Waals surface area contributed by atoms with Crippen molar-refractivity contribution in [3.8, 4) is 0 Å². The van der Waals surface area contributed by atoms with Crippen LogP contribution in [0.1, 0.15) is 27.2 Å². The fourth-order valence-corrected chi connectivity index (χ4v) is 2.22. The highest BCUT2D eigenvalue weighted by Gasteiger charge is 2.51. The van der Waals surface area contributed by atoms with Crippen LogP contribution in [0, 0.1) is 5.41 Å². The van der Waals surface area contributed by atoms with Gasteiger partial charge in [-0.05, 0) is 0 Å². The lowest BCUT2D eigenvalue weighted by Crippen LogP contribution is -2.44. The average molecular weight is 199 g/mol. The summed E-state index contributed by atoms with van der Waals surface area (Å²) in [7, 11) is 0. The van der Waals surface area contributed by atoms with Gasteiger partial charge in [-0.3, -0.25) is 4.79 Å². The van der Waals surface area contributed by atoms with Crippen molar-refractivity contribution in [1.29, 1.82) is 0 Å². The van der Waals surface area contributed by atoms with Crippen LogP contribution in [-0.4, -0.2) is 40.9 Å². The molecular weight excluding hydrogens is 182 g/mol. The molecule has 0 saturated carbocycles. The normalized spacial score (nSPS) is 37.9. The molecule has 0 aromatic carbocycles. The topological polar surface area (TPSA) is 49.8 Å². The summed E-state index contributed by atoms with van der Waals surface area (Å²) in [6.45, 7) is 6.59. The molecule has 4 heteroatoms. The highest BCUT2D eigenvalue weighted by Crippen LogP contribution is 2.36. The molecule has 2 heterocycles. The SMILES string of the molecule is CC(C)(C)[C@H]1OC[C@@H]2[C@@H](O)CC(=O)N21. The Morgan fingerprint density at radius 2 is 2.14 bits per heavy atom. The minimum Gasteiger partial charge on any atom is -0.390 e. The van der Waals surface area contributed by atoms with E-state index < -0.39 is 6.10 Å². The fraction of sp³-hybridized carbons (Fsp3) is 0.900. The highest BCUT2D eigenvalue weighted by molar-refractivity contribution is 5.80. The second kappa shape index (κ2) is 2.94. The average Bonchev–Trinajstić information content (AvgIpc) is 2.53. The highest BCUT2D eigenvalue weighted by atomic mass is 16.5. The Balaban J connectivity index is 2.22. The number of aliphatic hydroxyl groups is 1. The number of hydrogen-bond acceptors (Lipinski definition) is 3. The molecule has 2 saturated heterocycles. The van der Waals surface area contributed by atoms with Crippen molar-refractivity contribution in [3.05, 3.63) is 0 Å². The maximum Gasteiger partial charge on any atom is 0.227 e. The standard InChI is InChI=1S/C10H17NO3/c1-10(2,3)9-11-6(5-14-9)7(12)4-8(11)13/h6-7,9,12H,4-5H2,1-3H3/t6-,7+,9-/m1/s1. The van der Waals surface area contributed by atoms with E-state index in [4.69, 9.17) is 4.74 Å². The number of amides is 1. The van der Waals surface area contributed by atoms with E-state index in [1.807, 2.05) is 20.8 Å². The molecule has 14 heavy (non-hydrogen) atoms. The lowest BCUT2D eigenvalue weighted by molar-refractivity contribution is -0.139. The maximum atomic E-state index is 11.6. The van der Waals surface area contributed by atoms with Gasteiger partial charge >= 0.3 is 0 Å². The van der Waals surface area contributed by atoms with E-state index in [-0.39, 0.29) is 30.0 Å². The van der Waals surface area contributed by atoms with Crippen molar-refractivity contribution >= 4 is 5.91 Å². The van der Waals surface area contributed by atoms with Gasteiger partial charge in [0, 0.05) is 5.41 Å². The van der Waals surface area contributed by atoms with Gasteiger partial charge in [0.1, 0.15) is 6.23 Å². The minimum atomic E-state index is -0.546. The molecule has 0 aliphatic carbocycles. The maximum absolute atomic E-state index is 11.6. The van der Waals surface area contributed by atoms with Gasteiger partial charge in [-0.1, -0.05) is 20.8 Å². The Labute approximate surface area is 83.8 Å².